The number of hydrogen-bond donors (Lipinski definition) is 0. The third kappa shape index (κ3) is 5.53. The highest BCUT2D eigenvalue weighted by Crippen LogP contribution is 2.39. The van der Waals surface area contributed by atoms with Gasteiger partial charge < -0.3 is 0 Å². The minimum Gasteiger partial charge on any atom is -0.244 e. The minimum atomic E-state index is -0.0159. The number of hydrogen-bond acceptors (Lipinski definition) is 1. The molecule has 0 fully saturated rings. The normalized spacial score (nSPS) is 11.3. The van der Waals surface area contributed by atoms with E-state index in [-0.39, 0.29) is 11.8 Å². The van der Waals surface area contributed by atoms with Crippen LogP contribution in [0.25, 0.3) is 0 Å². The second-order valence-corrected chi connectivity index (χ2v) is 10.5. The Morgan fingerprint density at radius 3 is 1.14 bits per heavy atom. The third-order valence-corrected chi connectivity index (χ3v) is 7.49. The highest BCUT2D eigenvalue weighted by Gasteiger charge is 2.24. The minimum absolute atomic E-state index is 0.0159. The standard InChI is InChI=1S/C35H32ClN/c1-23-5-13-27(14-6-23)33(28-15-7-24(2)8-16-28)31-21-32(35(36)37-22-31)34(29-17-9-25(3)10-18-29)30-19-11-26(4)12-20-30/h5-22,33-34H,1-4H3. The van der Waals surface area contributed by atoms with Crippen LogP contribution in [0, 0.1) is 27.7 Å². The molecule has 184 valence electrons. The van der Waals surface area contributed by atoms with Gasteiger partial charge in [-0.3, -0.25) is 0 Å². The summed E-state index contributed by atoms with van der Waals surface area (Å²) in [6.07, 6.45) is 1.94. The van der Waals surface area contributed by atoms with Crippen molar-refractivity contribution in [2.75, 3.05) is 0 Å². The molecule has 1 aromatic heterocycles. The monoisotopic (exact) mass is 501 g/mol. The van der Waals surface area contributed by atoms with Crippen LogP contribution in [0.15, 0.2) is 109 Å². The molecule has 1 heterocycles. The summed E-state index contributed by atoms with van der Waals surface area (Å²) in [4.78, 5) is 4.76. The van der Waals surface area contributed by atoms with Crippen molar-refractivity contribution in [3.8, 4) is 0 Å². The lowest BCUT2D eigenvalue weighted by molar-refractivity contribution is 0.917. The molecule has 5 aromatic rings. The lowest BCUT2D eigenvalue weighted by Gasteiger charge is -2.24. The highest BCUT2D eigenvalue weighted by atomic mass is 35.5. The molecule has 1 nitrogen and oxygen atoms in total. The average Bonchev–Trinajstić information content (AvgIpc) is 2.90. The lowest BCUT2D eigenvalue weighted by atomic mass is 9.81. The maximum atomic E-state index is 6.88. The van der Waals surface area contributed by atoms with Gasteiger partial charge in [0.2, 0.25) is 0 Å². The van der Waals surface area contributed by atoms with Gasteiger partial charge in [-0.05, 0) is 61.6 Å². The van der Waals surface area contributed by atoms with Crippen LogP contribution in [0.5, 0.6) is 0 Å². The van der Waals surface area contributed by atoms with Gasteiger partial charge in [-0.25, -0.2) is 4.98 Å². The molecule has 0 unspecified atom stereocenters. The van der Waals surface area contributed by atoms with Crippen molar-refractivity contribution in [3.63, 3.8) is 0 Å². The molecule has 5 rings (SSSR count). The Labute approximate surface area is 225 Å². The molecule has 0 N–H and O–H groups in total. The van der Waals surface area contributed by atoms with E-state index in [1.807, 2.05) is 6.20 Å². The molecular formula is C35H32ClN. The van der Waals surface area contributed by atoms with Crippen LogP contribution in [0.3, 0.4) is 0 Å². The number of nitrogens with zero attached hydrogens (tertiary/aromatic N) is 1. The van der Waals surface area contributed by atoms with Crippen molar-refractivity contribution in [2.45, 2.75) is 39.5 Å². The van der Waals surface area contributed by atoms with E-state index >= 15 is 0 Å². The fourth-order valence-electron chi connectivity index (χ4n) is 5.01. The van der Waals surface area contributed by atoms with Crippen LogP contribution in [0.2, 0.25) is 5.15 Å². The Balaban J connectivity index is 1.69. The van der Waals surface area contributed by atoms with Gasteiger partial charge in [0.15, 0.2) is 0 Å². The largest absolute Gasteiger partial charge is 0.244 e. The van der Waals surface area contributed by atoms with Crippen LogP contribution >= 0.6 is 11.6 Å². The van der Waals surface area contributed by atoms with E-state index in [0.29, 0.717) is 5.15 Å². The van der Waals surface area contributed by atoms with E-state index in [9.17, 15) is 0 Å². The molecule has 0 atom stereocenters. The quantitative estimate of drug-likeness (QED) is 0.211. The zero-order chi connectivity index (χ0) is 25.9. The summed E-state index contributed by atoms with van der Waals surface area (Å²) in [5.41, 5.74) is 12.0. The van der Waals surface area contributed by atoms with Crippen molar-refractivity contribution in [1.82, 2.24) is 4.98 Å². The van der Waals surface area contributed by atoms with Crippen molar-refractivity contribution in [3.05, 3.63) is 170 Å². The zero-order valence-electron chi connectivity index (χ0n) is 21.9. The molecule has 4 aromatic carbocycles. The number of halogens is 1. The summed E-state index contributed by atoms with van der Waals surface area (Å²) in [5, 5.41) is 0.543. The number of benzene rings is 4. The van der Waals surface area contributed by atoms with Crippen LogP contribution < -0.4 is 0 Å². The molecule has 0 saturated heterocycles. The van der Waals surface area contributed by atoms with Crippen LogP contribution in [-0.4, -0.2) is 4.98 Å². The first-order valence-corrected chi connectivity index (χ1v) is 13.2. The maximum absolute atomic E-state index is 6.88. The fourth-order valence-corrected chi connectivity index (χ4v) is 5.22. The summed E-state index contributed by atoms with van der Waals surface area (Å²) in [7, 11) is 0. The van der Waals surface area contributed by atoms with E-state index in [0.717, 1.165) is 11.1 Å². The first kappa shape index (κ1) is 25.0. The Morgan fingerprint density at radius 2 is 0.784 bits per heavy atom. The SMILES string of the molecule is Cc1ccc(C(c2ccc(C)cc2)c2cnc(Cl)c(C(c3ccc(C)cc3)c3ccc(C)cc3)c2)cc1. The van der Waals surface area contributed by atoms with Gasteiger partial charge in [-0.2, -0.15) is 0 Å². The number of aromatic nitrogens is 1. The molecule has 0 bridgehead atoms. The number of aryl methyl sites for hydroxylation is 4. The first-order chi connectivity index (χ1) is 17.9. The first-order valence-electron chi connectivity index (χ1n) is 12.8. The smallest absolute Gasteiger partial charge is 0.133 e. The van der Waals surface area contributed by atoms with Crippen LogP contribution in [0.1, 0.15) is 67.5 Å². The molecule has 0 aliphatic carbocycles. The predicted molar refractivity (Wildman–Crippen MR) is 156 cm³/mol. The Bertz CT molecular complexity index is 1390. The van der Waals surface area contributed by atoms with Gasteiger partial charge in [-0.1, -0.05) is 131 Å². The fraction of sp³-hybridized carbons (Fsp3) is 0.171. The molecule has 0 radical (unpaired) electrons. The topological polar surface area (TPSA) is 12.9 Å². The van der Waals surface area contributed by atoms with Crippen molar-refractivity contribution < 1.29 is 0 Å². The molecular weight excluding hydrogens is 470 g/mol. The Hall–Kier alpha value is -3.68. The van der Waals surface area contributed by atoms with E-state index in [1.54, 1.807) is 0 Å². The summed E-state index contributed by atoms with van der Waals surface area (Å²) in [5.74, 6) is 0.0410. The van der Waals surface area contributed by atoms with Crippen molar-refractivity contribution >= 4 is 11.6 Å². The number of pyridine rings is 1. The Kier molecular flexibility index (Phi) is 7.26. The summed E-state index contributed by atoms with van der Waals surface area (Å²) in [6, 6.07) is 37.4. The number of rotatable bonds is 6. The molecule has 2 heteroatoms. The molecule has 0 aliphatic heterocycles. The van der Waals surface area contributed by atoms with Gasteiger partial charge in [0.05, 0.1) is 0 Å². The van der Waals surface area contributed by atoms with Gasteiger partial charge in [0, 0.05) is 23.6 Å². The second-order valence-electron chi connectivity index (χ2n) is 10.2. The second kappa shape index (κ2) is 10.7. The van der Waals surface area contributed by atoms with Crippen LogP contribution in [0.4, 0.5) is 0 Å². The molecule has 0 amide bonds. The summed E-state index contributed by atoms with van der Waals surface area (Å²) < 4.78 is 0. The lowest BCUT2D eigenvalue weighted by Crippen LogP contribution is -2.09. The zero-order valence-corrected chi connectivity index (χ0v) is 22.6. The van der Waals surface area contributed by atoms with Crippen LogP contribution in [-0.2, 0) is 0 Å². The molecule has 37 heavy (non-hydrogen) atoms. The summed E-state index contributed by atoms with van der Waals surface area (Å²) >= 11 is 6.88. The highest BCUT2D eigenvalue weighted by molar-refractivity contribution is 6.30. The molecule has 0 saturated carbocycles. The predicted octanol–water partition coefficient (Wildman–Crippen LogP) is 9.33. The van der Waals surface area contributed by atoms with E-state index in [1.165, 1.54) is 44.5 Å². The van der Waals surface area contributed by atoms with Crippen molar-refractivity contribution in [1.29, 1.82) is 0 Å². The van der Waals surface area contributed by atoms with E-state index in [4.69, 9.17) is 16.6 Å². The van der Waals surface area contributed by atoms with Gasteiger partial charge in [0.1, 0.15) is 5.15 Å². The van der Waals surface area contributed by atoms with Gasteiger partial charge >= 0.3 is 0 Å². The van der Waals surface area contributed by atoms with Crippen molar-refractivity contribution in [2.24, 2.45) is 0 Å². The molecule has 0 aliphatic rings. The molecule has 0 spiro atoms. The third-order valence-electron chi connectivity index (χ3n) is 7.17. The van der Waals surface area contributed by atoms with Gasteiger partial charge in [0.25, 0.3) is 0 Å². The Morgan fingerprint density at radius 1 is 0.459 bits per heavy atom. The maximum Gasteiger partial charge on any atom is 0.133 e. The van der Waals surface area contributed by atoms with E-state index < -0.39 is 0 Å². The van der Waals surface area contributed by atoms with Gasteiger partial charge in [-0.15, -0.1) is 0 Å². The summed E-state index contributed by atoms with van der Waals surface area (Å²) in [6.45, 7) is 8.49. The van der Waals surface area contributed by atoms with E-state index in [2.05, 4.69) is 131 Å². The average molecular weight is 502 g/mol.